The van der Waals surface area contributed by atoms with E-state index in [2.05, 4.69) is 56.2 Å². The normalized spacial score (nSPS) is 17.7. The van der Waals surface area contributed by atoms with Crippen LogP contribution in [0.25, 0.3) is 0 Å². The summed E-state index contributed by atoms with van der Waals surface area (Å²) in [5.41, 5.74) is 3.51. The SMILES string of the molecule is CCc1cccc(CN=Nc2cc(N3CCOCC3)cc(OCCN3CCOCC3)n2)c1. The van der Waals surface area contributed by atoms with Crippen LogP contribution in [0.3, 0.4) is 0 Å². The van der Waals surface area contributed by atoms with Crippen LogP contribution >= 0.6 is 0 Å². The van der Waals surface area contributed by atoms with E-state index in [1.807, 2.05) is 12.1 Å². The second-order valence-electron chi connectivity index (χ2n) is 8.00. The van der Waals surface area contributed by atoms with Crippen molar-refractivity contribution in [2.45, 2.75) is 19.9 Å². The number of rotatable bonds is 9. The smallest absolute Gasteiger partial charge is 0.217 e. The highest BCUT2D eigenvalue weighted by atomic mass is 16.5. The largest absolute Gasteiger partial charge is 0.476 e. The fraction of sp³-hybridized carbons (Fsp3) is 0.542. The molecule has 4 rings (SSSR count). The maximum Gasteiger partial charge on any atom is 0.217 e. The van der Waals surface area contributed by atoms with Crippen LogP contribution in [0.1, 0.15) is 18.1 Å². The number of aromatic nitrogens is 1. The summed E-state index contributed by atoms with van der Waals surface area (Å²) in [7, 11) is 0. The molecule has 2 aromatic rings. The van der Waals surface area contributed by atoms with Crippen molar-refractivity contribution in [3.63, 3.8) is 0 Å². The topological polar surface area (TPSA) is 71.8 Å². The summed E-state index contributed by atoms with van der Waals surface area (Å²) in [6.07, 6.45) is 1.01. The molecule has 1 aromatic carbocycles. The maximum atomic E-state index is 6.02. The molecule has 172 valence electrons. The molecule has 0 bridgehead atoms. The van der Waals surface area contributed by atoms with E-state index in [1.165, 1.54) is 5.56 Å². The lowest BCUT2D eigenvalue weighted by molar-refractivity contribution is 0.0320. The molecule has 3 heterocycles. The number of morpholine rings is 2. The summed E-state index contributed by atoms with van der Waals surface area (Å²) in [6.45, 7) is 10.7. The van der Waals surface area contributed by atoms with Crippen molar-refractivity contribution in [1.82, 2.24) is 9.88 Å². The molecule has 0 N–H and O–H groups in total. The molecule has 2 fully saturated rings. The van der Waals surface area contributed by atoms with Gasteiger partial charge in [-0.05, 0) is 17.5 Å². The van der Waals surface area contributed by atoms with Gasteiger partial charge in [0.25, 0.3) is 0 Å². The van der Waals surface area contributed by atoms with Crippen molar-refractivity contribution in [3.05, 3.63) is 47.5 Å². The Morgan fingerprint density at radius 1 is 0.969 bits per heavy atom. The highest BCUT2D eigenvalue weighted by Crippen LogP contribution is 2.26. The summed E-state index contributed by atoms with van der Waals surface area (Å²) in [5.74, 6) is 1.16. The van der Waals surface area contributed by atoms with Crippen molar-refractivity contribution in [3.8, 4) is 5.88 Å². The quantitative estimate of drug-likeness (QED) is 0.557. The first kappa shape index (κ1) is 22.6. The van der Waals surface area contributed by atoms with Gasteiger partial charge in [-0.3, -0.25) is 4.90 Å². The minimum Gasteiger partial charge on any atom is -0.476 e. The van der Waals surface area contributed by atoms with Gasteiger partial charge in [0.1, 0.15) is 6.61 Å². The average molecular weight is 440 g/mol. The van der Waals surface area contributed by atoms with Crippen LogP contribution in [0.2, 0.25) is 0 Å². The predicted molar refractivity (Wildman–Crippen MR) is 124 cm³/mol. The van der Waals surface area contributed by atoms with Gasteiger partial charge in [0.05, 0.1) is 33.0 Å². The predicted octanol–water partition coefficient (Wildman–Crippen LogP) is 3.48. The summed E-state index contributed by atoms with van der Waals surface area (Å²) in [4.78, 5) is 9.22. The lowest BCUT2D eigenvalue weighted by atomic mass is 10.1. The number of hydrogen-bond acceptors (Lipinski definition) is 8. The Morgan fingerprint density at radius 3 is 2.50 bits per heavy atom. The molecule has 32 heavy (non-hydrogen) atoms. The van der Waals surface area contributed by atoms with Gasteiger partial charge in [0.15, 0.2) is 5.82 Å². The van der Waals surface area contributed by atoms with Gasteiger partial charge in [-0.15, -0.1) is 5.11 Å². The van der Waals surface area contributed by atoms with Gasteiger partial charge in [-0.1, -0.05) is 31.2 Å². The zero-order valence-electron chi connectivity index (χ0n) is 18.9. The van der Waals surface area contributed by atoms with E-state index in [4.69, 9.17) is 14.2 Å². The Balaban J connectivity index is 1.43. The minimum atomic E-state index is 0.532. The summed E-state index contributed by atoms with van der Waals surface area (Å²) in [5, 5.41) is 8.83. The lowest BCUT2D eigenvalue weighted by Crippen LogP contribution is -2.38. The van der Waals surface area contributed by atoms with E-state index in [-0.39, 0.29) is 0 Å². The zero-order chi connectivity index (χ0) is 22.0. The molecule has 0 aliphatic carbocycles. The molecule has 0 atom stereocenters. The molecule has 8 heteroatoms. The minimum absolute atomic E-state index is 0.532. The van der Waals surface area contributed by atoms with E-state index >= 15 is 0 Å². The van der Waals surface area contributed by atoms with Gasteiger partial charge in [0.2, 0.25) is 5.88 Å². The molecule has 0 spiro atoms. The van der Waals surface area contributed by atoms with Crippen LogP contribution in [-0.2, 0) is 22.4 Å². The van der Waals surface area contributed by atoms with E-state index < -0.39 is 0 Å². The third kappa shape index (κ3) is 6.72. The van der Waals surface area contributed by atoms with Gasteiger partial charge in [0, 0.05) is 50.5 Å². The average Bonchev–Trinajstić information content (AvgIpc) is 2.85. The molecule has 0 amide bonds. The van der Waals surface area contributed by atoms with E-state index in [0.29, 0.717) is 24.8 Å². The number of azo groups is 1. The van der Waals surface area contributed by atoms with E-state index in [1.54, 1.807) is 0 Å². The van der Waals surface area contributed by atoms with Crippen molar-refractivity contribution >= 4 is 11.5 Å². The molecule has 0 unspecified atom stereocenters. The van der Waals surface area contributed by atoms with Crippen molar-refractivity contribution in [1.29, 1.82) is 0 Å². The first-order valence-corrected chi connectivity index (χ1v) is 11.5. The first-order chi connectivity index (χ1) is 15.8. The number of anilines is 1. The fourth-order valence-electron chi connectivity index (χ4n) is 3.85. The Labute approximate surface area is 190 Å². The fourth-order valence-corrected chi connectivity index (χ4v) is 3.85. The van der Waals surface area contributed by atoms with E-state index in [0.717, 1.165) is 76.8 Å². The van der Waals surface area contributed by atoms with Crippen LogP contribution in [0, 0.1) is 0 Å². The van der Waals surface area contributed by atoms with Gasteiger partial charge in [-0.25, -0.2) is 0 Å². The summed E-state index contributed by atoms with van der Waals surface area (Å²) < 4.78 is 16.9. The van der Waals surface area contributed by atoms with Crippen LogP contribution in [0.15, 0.2) is 46.6 Å². The Morgan fingerprint density at radius 2 is 1.72 bits per heavy atom. The molecule has 0 radical (unpaired) electrons. The second kappa shape index (κ2) is 11.9. The summed E-state index contributed by atoms with van der Waals surface area (Å²) >= 11 is 0. The van der Waals surface area contributed by atoms with Crippen molar-refractivity contribution < 1.29 is 14.2 Å². The molecule has 2 aliphatic heterocycles. The van der Waals surface area contributed by atoms with Crippen LogP contribution in [0.4, 0.5) is 11.5 Å². The molecular formula is C24H33N5O3. The number of nitrogens with zero attached hydrogens (tertiary/aromatic N) is 5. The van der Waals surface area contributed by atoms with Crippen molar-refractivity contribution in [2.75, 3.05) is 70.7 Å². The van der Waals surface area contributed by atoms with Gasteiger partial charge >= 0.3 is 0 Å². The second-order valence-corrected chi connectivity index (χ2v) is 8.00. The highest BCUT2D eigenvalue weighted by Gasteiger charge is 2.15. The maximum absolute atomic E-state index is 6.02. The Bertz CT molecular complexity index is 880. The Kier molecular flexibility index (Phi) is 8.42. The monoisotopic (exact) mass is 439 g/mol. The standard InChI is InChI=1S/C24H33N5O3/c1-2-20-4-3-5-21(16-20)19-25-27-23-17-22(29-9-13-31-14-10-29)18-24(26-23)32-15-8-28-6-11-30-12-7-28/h3-5,16-18H,2,6-15,19H2,1H3. The molecule has 2 saturated heterocycles. The van der Waals surface area contributed by atoms with Gasteiger partial charge < -0.3 is 19.1 Å². The molecule has 8 nitrogen and oxygen atoms in total. The highest BCUT2D eigenvalue weighted by molar-refractivity contribution is 5.55. The summed E-state index contributed by atoms with van der Waals surface area (Å²) in [6, 6.07) is 12.4. The number of ether oxygens (including phenoxy) is 3. The molecule has 2 aliphatic rings. The first-order valence-electron chi connectivity index (χ1n) is 11.5. The number of hydrogen-bond donors (Lipinski definition) is 0. The van der Waals surface area contributed by atoms with Crippen LogP contribution in [-0.4, -0.2) is 75.6 Å². The third-order valence-corrected chi connectivity index (χ3v) is 5.74. The number of aryl methyl sites for hydroxylation is 1. The third-order valence-electron chi connectivity index (χ3n) is 5.74. The molecule has 1 aromatic heterocycles. The lowest BCUT2D eigenvalue weighted by Gasteiger charge is -2.29. The number of benzene rings is 1. The zero-order valence-corrected chi connectivity index (χ0v) is 18.9. The van der Waals surface area contributed by atoms with Gasteiger partial charge in [-0.2, -0.15) is 10.1 Å². The number of pyridine rings is 1. The molecule has 0 saturated carbocycles. The van der Waals surface area contributed by atoms with E-state index in [9.17, 15) is 0 Å². The van der Waals surface area contributed by atoms with Crippen LogP contribution < -0.4 is 9.64 Å². The van der Waals surface area contributed by atoms with Crippen molar-refractivity contribution in [2.24, 2.45) is 10.2 Å². The van der Waals surface area contributed by atoms with Crippen LogP contribution in [0.5, 0.6) is 5.88 Å². The molecular weight excluding hydrogens is 406 g/mol. The Hall–Kier alpha value is -2.55.